The van der Waals surface area contributed by atoms with Crippen molar-refractivity contribution in [3.05, 3.63) is 47.6 Å². The van der Waals surface area contributed by atoms with Gasteiger partial charge >= 0.3 is 5.97 Å². The number of aliphatic hydroxyl groups excluding tert-OH is 3. The van der Waals surface area contributed by atoms with Crippen LogP contribution in [0.25, 0.3) is 0 Å². The number of aliphatic hydroxyl groups is 4. The first-order chi connectivity index (χ1) is 26.1. The van der Waals surface area contributed by atoms with E-state index in [1.165, 1.54) is 4.90 Å². The summed E-state index contributed by atoms with van der Waals surface area (Å²) in [5.41, 5.74) is 1.27. The molecule has 308 valence electrons. The van der Waals surface area contributed by atoms with Gasteiger partial charge in [0.2, 0.25) is 5.79 Å². The van der Waals surface area contributed by atoms with Crippen molar-refractivity contribution in [3.63, 3.8) is 0 Å². The maximum absolute atomic E-state index is 14.0. The molecule has 0 spiro atoms. The van der Waals surface area contributed by atoms with Gasteiger partial charge in [-0.1, -0.05) is 57.2 Å². The Bertz CT molecular complexity index is 1440. The number of carbonyl (C=O) groups excluding carboxylic acids is 4. The van der Waals surface area contributed by atoms with E-state index >= 15 is 0 Å². The summed E-state index contributed by atoms with van der Waals surface area (Å²) in [6.45, 7) is 9.27. The summed E-state index contributed by atoms with van der Waals surface area (Å²) >= 11 is 0. The normalized spacial score (nSPS) is 40.4. The number of hydrogen-bond acceptors (Lipinski definition) is 10. The molecular formula is C44H67NO10. The van der Waals surface area contributed by atoms with E-state index < -0.39 is 59.8 Å². The highest BCUT2D eigenvalue weighted by molar-refractivity contribution is 6.39. The number of fused-ring (bicyclic) bond motifs is 3. The zero-order chi connectivity index (χ0) is 40.3. The van der Waals surface area contributed by atoms with Crippen LogP contribution in [-0.4, -0.2) is 97.7 Å². The topological polar surface area (TPSA) is 171 Å². The van der Waals surface area contributed by atoms with E-state index in [0.29, 0.717) is 68.4 Å². The Morgan fingerprint density at radius 2 is 1.55 bits per heavy atom. The Morgan fingerprint density at radius 1 is 0.818 bits per heavy atom. The highest BCUT2D eigenvalue weighted by Gasteiger charge is 2.53. The zero-order valence-corrected chi connectivity index (χ0v) is 33.7. The number of rotatable bonds is 3. The summed E-state index contributed by atoms with van der Waals surface area (Å²) in [7, 11) is 0. The van der Waals surface area contributed by atoms with Crippen LogP contribution in [-0.2, 0) is 28.7 Å². The van der Waals surface area contributed by atoms with Crippen molar-refractivity contribution in [1.29, 1.82) is 0 Å². The predicted octanol–water partition coefficient (Wildman–Crippen LogP) is 5.83. The molecule has 0 aromatic carbocycles. The molecule has 1 amide bonds. The number of ketones is 2. The molecule has 9 atom stereocenters. The fraction of sp³-hybridized carbons (Fsp3) is 0.727. The van der Waals surface area contributed by atoms with Gasteiger partial charge in [-0.15, -0.1) is 0 Å². The van der Waals surface area contributed by atoms with Crippen molar-refractivity contribution in [1.82, 2.24) is 4.90 Å². The van der Waals surface area contributed by atoms with Crippen molar-refractivity contribution in [3.8, 4) is 0 Å². The third-order valence-electron chi connectivity index (χ3n) is 12.4. The second-order valence-corrected chi connectivity index (χ2v) is 17.0. The van der Waals surface area contributed by atoms with Gasteiger partial charge in [0, 0.05) is 37.6 Å². The summed E-state index contributed by atoms with van der Waals surface area (Å²) in [4.78, 5) is 56.2. The summed E-state index contributed by atoms with van der Waals surface area (Å²) in [6, 6.07) is -1.02. The molecule has 0 radical (unpaired) electrons. The summed E-state index contributed by atoms with van der Waals surface area (Å²) in [5, 5.41) is 43.7. The third-order valence-corrected chi connectivity index (χ3v) is 12.4. The van der Waals surface area contributed by atoms with Crippen LogP contribution < -0.4 is 0 Å². The maximum atomic E-state index is 14.0. The maximum Gasteiger partial charge on any atom is 0.329 e. The number of amides is 1. The Hall–Kier alpha value is -2.96. The lowest BCUT2D eigenvalue weighted by molar-refractivity contribution is -0.265. The molecular weight excluding hydrogens is 702 g/mol. The zero-order valence-electron chi connectivity index (χ0n) is 33.7. The molecule has 4 N–H and O–H groups in total. The lowest BCUT2D eigenvalue weighted by atomic mass is 9.84. The first-order valence-electron chi connectivity index (χ1n) is 20.8. The van der Waals surface area contributed by atoms with Crippen LogP contribution in [0.15, 0.2) is 47.6 Å². The Balaban J connectivity index is 1.60. The second kappa shape index (κ2) is 21.0. The number of carbonyl (C=O) groups is 4. The highest BCUT2D eigenvalue weighted by Crippen LogP contribution is 2.36. The Kier molecular flexibility index (Phi) is 17.1. The Labute approximate surface area is 327 Å². The first-order valence-corrected chi connectivity index (χ1v) is 20.8. The lowest BCUT2D eigenvalue weighted by Crippen LogP contribution is -2.60. The highest BCUT2D eigenvalue weighted by atomic mass is 16.6. The monoisotopic (exact) mass is 769 g/mol. The molecule has 3 fully saturated rings. The Morgan fingerprint density at radius 3 is 2.27 bits per heavy atom. The van der Waals surface area contributed by atoms with Crippen LogP contribution >= 0.6 is 0 Å². The van der Waals surface area contributed by atoms with Crippen molar-refractivity contribution >= 4 is 23.4 Å². The molecule has 0 aromatic rings. The smallest absolute Gasteiger partial charge is 0.329 e. The standard InChI is InChI=1S/C44H67NO10/c1-28-11-7-6-8-12-29(2)38(47)26-36-22-15-32(5)44(53,55-36)41(50)42(51)45-24-10-9-13-37(45)43(52)54-35(23-18-33-16-19-34(46)20-17-33)21-14-30(3)39(48)27-40(49)31(4)25-28/h6-8,11-12,14,28,31-39,46-48,53H,9-10,13,15-27H2,1-5H3/b8-6+,11-7+,29-12+,30-14+/t28-,31-,32-,33-,34-,35+,36+,37+,38+,39+,44-/m1/s1. The second-order valence-electron chi connectivity index (χ2n) is 17.0. The van der Waals surface area contributed by atoms with Gasteiger partial charge in [0.25, 0.3) is 11.7 Å². The van der Waals surface area contributed by atoms with Gasteiger partial charge in [-0.25, -0.2) is 4.79 Å². The number of piperidine rings is 1. The minimum atomic E-state index is -2.41. The van der Waals surface area contributed by atoms with E-state index in [0.717, 1.165) is 32.1 Å². The van der Waals surface area contributed by atoms with Gasteiger partial charge < -0.3 is 34.8 Å². The average molecular weight is 770 g/mol. The van der Waals surface area contributed by atoms with Crippen LogP contribution in [0.2, 0.25) is 0 Å². The fourth-order valence-electron chi connectivity index (χ4n) is 8.38. The number of hydrogen-bond donors (Lipinski definition) is 4. The van der Waals surface area contributed by atoms with E-state index in [1.807, 2.05) is 44.2 Å². The first kappa shape index (κ1) is 44.8. The third kappa shape index (κ3) is 12.8. The quantitative estimate of drug-likeness (QED) is 0.156. The molecule has 1 saturated carbocycles. The predicted molar refractivity (Wildman–Crippen MR) is 209 cm³/mol. The molecule has 2 bridgehead atoms. The molecule has 1 aliphatic carbocycles. The number of Topliss-reactive ketones (excluding diaryl/α,β-unsaturated/α-hetero) is 2. The summed E-state index contributed by atoms with van der Waals surface area (Å²) in [5.74, 6) is -5.65. The van der Waals surface area contributed by atoms with E-state index in [9.17, 15) is 39.6 Å². The fourth-order valence-corrected chi connectivity index (χ4v) is 8.38. The number of allylic oxidation sites excluding steroid dienone is 5. The molecule has 11 nitrogen and oxygen atoms in total. The molecule has 0 aromatic heterocycles. The van der Waals surface area contributed by atoms with Gasteiger partial charge in [-0.2, -0.15) is 0 Å². The largest absolute Gasteiger partial charge is 0.461 e. The van der Waals surface area contributed by atoms with E-state index in [4.69, 9.17) is 9.47 Å². The van der Waals surface area contributed by atoms with Crippen LogP contribution in [0.4, 0.5) is 0 Å². The van der Waals surface area contributed by atoms with Gasteiger partial charge in [-0.3, -0.25) is 14.4 Å². The van der Waals surface area contributed by atoms with Crippen LogP contribution in [0.3, 0.4) is 0 Å². The number of cyclic esters (lactones) is 1. The number of esters is 1. The van der Waals surface area contributed by atoms with Crippen molar-refractivity contribution in [2.24, 2.45) is 23.7 Å². The van der Waals surface area contributed by atoms with E-state index in [-0.39, 0.29) is 43.1 Å². The van der Waals surface area contributed by atoms with Gasteiger partial charge in [0.1, 0.15) is 17.9 Å². The molecule has 11 heteroatoms. The minimum Gasteiger partial charge on any atom is -0.461 e. The summed E-state index contributed by atoms with van der Waals surface area (Å²) in [6.07, 6.45) is 15.7. The molecule has 4 aliphatic rings. The van der Waals surface area contributed by atoms with Crippen LogP contribution in [0.1, 0.15) is 131 Å². The number of nitrogens with zero attached hydrogens (tertiary/aromatic N) is 1. The molecule has 0 unspecified atom stereocenters. The van der Waals surface area contributed by atoms with Crippen molar-refractivity contribution in [2.45, 2.75) is 173 Å². The van der Waals surface area contributed by atoms with Crippen molar-refractivity contribution < 1.29 is 49.1 Å². The van der Waals surface area contributed by atoms with E-state index in [1.54, 1.807) is 26.8 Å². The molecule has 4 rings (SSSR count). The minimum absolute atomic E-state index is 0.0240. The van der Waals surface area contributed by atoms with Gasteiger partial charge in [0.15, 0.2) is 0 Å². The SMILES string of the molecule is C/C1=C\C[C@@H](CC[C@H]2CC[C@H](O)CC2)OC(=O)[C@@H]2CCCCN2C(=O)C(=O)[C@]2(O)O[C@@H](CC[C@H]2C)C[C@H](O)/C(C)=C/C=C/C=C/[C@@H](C)C[C@@H](C)C(=O)C[C@@H]1O. The average Bonchev–Trinajstić information content (AvgIpc) is 3.16. The van der Waals surface area contributed by atoms with Crippen LogP contribution in [0.5, 0.6) is 0 Å². The molecule has 3 heterocycles. The molecule has 2 saturated heterocycles. The van der Waals surface area contributed by atoms with Gasteiger partial charge in [0.05, 0.1) is 24.4 Å². The lowest BCUT2D eigenvalue weighted by Gasteiger charge is -2.42. The van der Waals surface area contributed by atoms with E-state index in [2.05, 4.69) is 0 Å². The van der Waals surface area contributed by atoms with Crippen LogP contribution in [0, 0.1) is 23.7 Å². The molecule has 3 aliphatic heterocycles. The summed E-state index contributed by atoms with van der Waals surface area (Å²) < 4.78 is 12.1. The van der Waals surface area contributed by atoms with Crippen molar-refractivity contribution in [2.75, 3.05) is 6.54 Å². The number of ether oxygens (including phenoxy) is 2. The molecule has 55 heavy (non-hydrogen) atoms. The van der Waals surface area contributed by atoms with Gasteiger partial charge in [-0.05, 0) is 114 Å².